The Morgan fingerprint density at radius 2 is 2.15 bits per heavy atom. The number of hydrogen-bond donors (Lipinski definition) is 2. The fourth-order valence-corrected chi connectivity index (χ4v) is 4.58. The second kappa shape index (κ2) is 7.48. The van der Waals surface area contributed by atoms with Crippen LogP contribution in [-0.2, 0) is 10.2 Å². The molecule has 1 amide bonds. The lowest BCUT2D eigenvalue weighted by Gasteiger charge is -2.19. The predicted octanol–water partition coefficient (Wildman–Crippen LogP) is 4.07. The van der Waals surface area contributed by atoms with Crippen molar-refractivity contribution in [1.29, 1.82) is 0 Å². The number of aromatic nitrogens is 5. The van der Waals surface area contributed by atoms with Gasteiger partial charge in [-0.05, 0) is 12.5 Å². The third-order valence-electron chi connectivity index (χ3n) is 5.73. The molecule has 0 aromatic carbocycles. The van der Waals surface area contributed by atoms with Gasteiger partial charge in [0.2, 0.25) is 11.8 Å². The molecule has 5 rings (SSSR count). The van der Waals surface area contributed by atoms with E-state index in [0.29, 0.717) is 17.6 Å². The molecule has 0 saturated carbocycles. The van der Waals surface area contributed by atoms with Crippen molar-refractivity contribution in [2.24, 2.45) is 0 Å². The van der Waals surface area contributed by atoms with E-state index in [1.54, 1.807) is 16.8 Å². The first-order valence-corrected chi connectivity index (χ1v) is 10.3. The fourth-order valence-electron chi connectivity index (χ4n) is 4.41. The van der Waals surface area contributed by atoms with Crippen molar-refractivity contribution in [1.82, 2.24) is 24.6 Å². The number of carbonyl (C=O) groups is 1. The number of H-pyrrole nitrogens is 1. The fraction of sp³-hybridized carbons (Fsp3) is 0.286. The highest BCUT2D eigenvalue weighted by molar-refractivity contribution is 6.29. The van der Waals surface area contributed by atoms with Gasteiger partial charge in [0, 0.05) is 28.8 Å². The molecular weight excluding hydrogens is 458 g/mol. The zero-order valence-corrected chi connectivity index (χ0v) is 18.2. The number of anilines is 1. The average molecular weight is 475 g/mol. The quantitative estimate of drug-likeness (QED) is 0.460. The van der Waals surface area contributed by atoms with Crippen molar-refractivity contribution in [2.75, 3.05) is 5.32 Å². The molecule has 9 nitrogen and oxygen atoms in total. The standard InChI is InChI=1S/C21H17ClF2N6O3/c1-21(2)7-10(11-8-26-14-6-12(22)29-30(14)16(11)21)18(31)27-13-5-9(17(23)24)15(19(32)28-13)20-25-3-4-33-20/h3-6,8,10,17H,7H2,1-2H3,(H2,27,28,31,32)/t10-/m1/s1. The number of carbonyl (C=O) groups excluding carboxylic acids is 1. The summed E-state index contributed by atoms with van der Waals surface area (Å²) in [4.78, 5) is 36.3. The molecule has 4 aromatic rings. The Balaban J connectivity index is 1.51. The van der Waals surface area contributed by atoms with E-state index in [1.165, 1.54) is 12.5 Å². The predicted molar refractivity (Wildman–Crippen MR) is 115 cm³/mol. The molecule has 0 aliphatic heterocycles. The number of nitrogens with zero attached hydrogens (tertiary/aromatic N) is 4. The summed E-state index contributed by atoms with van der Waals surface area (Å²) >= 11 is 6.03. The van der Waals surface area contributed by atoms with Crippen LogP contribution in [0.4, 0.5) is 14.6 Å². The summed E-state index contributed by atoms with van der Waals surface area (Å²) in [5.74, 6) is -1.50. The lowest BCUT2D eigenvalue weighted by molar-refractivity contribution is -0.117. The zero-order valence-electron chi connectivity index (χ0n) is 17.4. The first-order valence-electron chi connectivity index (χ1n) is 9.96. The number of hydrogen-bond acceptors (Lipinski definition) is 6. The monoisotopic (exact) mass is 474 g/mol. The van der Waals surface area contributed by atoms with Gasteiger partial charge in [-0.2, -0.15) is 5.10 Å². The molecular formula is C21H17ClF2N6O3. The second-order valence-corrected chi connectivity index (χ2v) is 8.80. The SMILES string of the molecule is CC1(C)C[C@@H](C(=O)Nc2cc(C(F)F)c(-c3ncco3)c(=O)[nH]2)c2cnc3cc(Cl)nn3c21. The number of rotatable bonds is 4. The summed E-state index contributed by atoms with van der Waals surface area (Å²) in [6.07, 6.45) is 1.46. The summed E-state index contributed by atoms with van der Waals surface area (Å²) in [6, 6.07) is 2.64. The Kier molecular flexibility index (Phi) is 4.82. The van der Waals surface area contributed by atoms with Crippen LogP contribution in [0.15, 0.2) is 40.0 Å². The highest BCUT2D eigenvalue weighted by atomic mass is 35.5. The van der Waals surface area contributed by atoms with Gasteiger partial charge in [0.15, 0.2) is 10.8 Å². The van der Waals surface area contributed by atoms with Gasteiger partial charge < -0.3 is 14.7 Å². The van der Waals surface area contributed by atoms with Crippen LogP contribution in [0.3, 0.4) is 0 Å². The molecule has 170 valence electrons. The largest absolute Gasteiger partial charge is 0.444 e. The van der Waals surface area contributed by atoms with Gasteiger partial charge in [-0.15, -0.1) is 0 Å². The van der Waals surface area contributed by atoms with E-state index in [0.717, 1.165) is 11.8 Å². The Morgan fingerprint density at radius 1 is 1.36 bits per heavy atom. The van der Waals surface area contributed by atoms with Crippen molar-refractivity contribution < 1.29 is 18.0 Å². The van der Waals surface area contributed by atoms with Gasteiger partial charge in [0.25, 0.3) is 12.0 Å². The minimum absolute atomic E-state index is 0.155. The van der Waals surface area contributed by atoms with Crippen LogP contribution in [0.2, 0.25) is 5.15 Å². The normalized spacial score (nSPS) is 17.0. The lowest BCUT2D eigenvalue weighted by Crippen LogP contribution is -2.24. The lowest BCUT2D eigenvalue weighted by atomic mass is 9.88. The molecule has 2 N–H and O–H groups in total. The third kappa shape index (κ3) is 3.48. The number of aromatic amines is 1. The molecule has 0 radical (unpaired) electrons. The molecule has 0 fully saturated rings. The molecule has 0 spiro atoms. The highest BCUT2D eigenvalue weighted by Gasteiger charge is 2.43. The van der Waals surface area contributed by atoms with Gasteiger partial charge in [0.1, 0.15) is 17.6 Å². The van der Waals surface area contributed by atoms with Crippen molar-refractivity contribution in [2.45, 2.75) is 38.0 Å². The molecule has 0 bridgehead atoms. The van der Waals surface area contributed by atoms with Crippen LogP contribution in [0.1, 0.15) is 49.4 Å². The summed E-state index contributed by atoms with van der Waals surface area (Å²) < 4.78 is 34.0. The van der Waals surface area contributed by atoms with Crippen LogP contribution in [0, 0.1) is 0 Å². The second-order valence-electron chi connectivity index (χ2n) is 8.41. The van der Waals surface area contributed by atoms with Crippen LogP contribution in [0.25, 0.3) is 17.1 Å². The van der Waals surface area contributed by atoms with E-state index in [2.05, 4.69) is 25.4 Å². The number of pyridine rings is 1. The number of amides is 1. The Hall–Kier alpha value is -3.60. The van der Waals surface area contributed by atoms with Crippen molar-refractivity contribution in [3.05, 3.63) is 63.1 Å². The molecule has 4 heterocycles. The Labute approximate surface area is 189 Å². The topological polar surface area (TPSA) is 118 Å². The minimum atomic E-state index is -2.99. The Morgan fingerprint density at radius 3 is 2.85 bits per heavy atom. The zero-order chi connectivity index (χ0) is 23.5. The first kappa shape index (κ1) is 21.3. The van der Waals surface area contributed by atoms with Gasteiger partial charge in [0.05, 0.1) is 17.8 Å². The van der Waals surface area contributed by atoms with Crippen LogP contribution in [-0.4, -0.2) is 30.5 Å². The van der Waals surface area contributed by atoms with E-state index in [9.17, 15) is 18.4 Å². The summed E-state index contributed by atoms with van der Waals surface area (Å²) in [5, 5.41) is 7.12. The van der Waals surface area contributed by atoms with Crippen molar-refractivity contribution in [3.8, 4) is 11.5 Å². The smallest absolute Gasteiger partial charge is 0.264 e. The first-order chi connectivity index (χ1) is 15.7. The van der Waals surface area contributed by atoms with Gasteiger partial charge in [-0.1, -0.05) is 25.4 Å². The van der Waals surface area contributed by atoms with E-state index in [4.69, 9.17) is 16.0 Å². The maximum absolute atomic E-state index is 13.7. The number of nitrogens with one attached hydrogen (secondary N) is 2. The van der Waals surface area contributed by atoms with Gasteiger partial charge in [-0.25, -0.2) is 23.3 Å². The van der Waals surface area contributed by atoms with E-state index < -0.39 is 34.8 Å². The molecule has 12 heteroatoms. The third-order valence-corrected chi connectivity index (χ3v) is 5.92. The summed E-state index contributed by atoms with van der Waals surface area (Å²) in [6.45, 7) is 3.94. The van der Waals surface area contributed by atoms with Crippen LogP contribution < -0.4 is 10.9 Å². The minimum Gasteiger partial charge on any atom is -0.444 e. The number of halogens is 3. The summed E-state index contributed by atoms with van der Waals surface area (Å²) in [5.41, 5.74) is -0.281. The van der Waals surface area contributed by atoms with E-state index >= 15 is 0 Å². The summed E-state index contributed by atoms with van der Waals surface area (Å²) in [7, 11) is 0. The molecule has 0 saturated heterocycles. The molecule has 1 aliphatic carbocycles. The van der Waals surface area contributed by atoms with E-state index in [-0.39, 0.29) is 22.4 Å². The molecule has 1 aliphatic rings. The van der Waals surface area contributed by atoms with Crippen molar-refractivity contribution in [3.63, 3.8) is 0 Å². The molecule has 4 aromatic heterocycles. The number of alkyl halides is 2. The molecule has 1 atom stereocenters. The van der Waals surface area contributed by atoms with Crippen LogP contribution in [0.5, 0.6) is 0 Å². The highest BCUT2D eigenvalue weighted by Crippen LogP contribution is 2.46. The van der Waals surface area contributed by atoms with Crippen LogP contribution >= 0.6 is 11.6 Å². The van der Waals surface area contributed by atoms with Crippen molar-refractivity contribution >= 4 is 29.0 Å². The molecule has 0 unspecified atom stereocenters. The maximum Gasteiger partial charge on any atom is 0.264 e. The Bertz CT molecular complexity index is 1440. The number of oxazole rings is 1. The van der Waals surface area contributed by atoms with Gasteiger partial charge in [-0.3, -0.25) is 9.59 Å². The van der Waals surface area contributed by atoms with E-state index in [1.807, 2.05) is 13.8 Å². The average Bonchev–Trinajstić information content (AvgIpc) is 3.44. The molecule has 33 heavy (non-hydrogen) atoms. The maximum atomic E-state index is 13.7. The number of fused-ring (bicyclic) bond motifs is 3. The van der Waals surface area contributed by atoms with Gasteiger partial charge >= 0.3 is 0 Å².